The van der Waals surface area contributed by atoms with Crippen molar-refractivity contribution < 1.29 is 17.9 Å². The molecule has 1 fully saturated rings. The third-order valence-corrected chi connectivity index (χ3v) is 5.40. The molecule has 0 aliphatic carbocycles. The number of hydrogen-bond acceptors (Lipinski definition) is 5. The molecule has 3 rings (SSSR count). The van der Waals surface area contributed by atoms with Crippen molar-refractivity contribution in [2.24, 2.45) is 5.73 Å². The average Bonchev–Trinajstić information content (AvgIpc) is 2.76. The summed E-state index contributed by atoms with van der Waals surface area (Å²) in [5.74, 6) is 0.532. The van der Waals surface area contributed by atoms with E-state index in [1.54, 1.807) is 11.0 Å². The van der Waals surface area contributed by atoms with Gasteiger partial charge in [-0.15, -0.1) is 0 Å². The number of carbonyl (C=O) groups excluding carboxylic acids is 1. The van der Waals surface area contributed by atoms with E-state index in [0.29, 0.717) is 18.0 Å². The average molecular weight is 341 g/mol. The first-order chi connectivity index (χ1) is 10.2. The topological polar surface area (TPSA) is 92.9 Å². The van der Waals surface area contributed by atoms with Crippen molar-refractivity contribution in [2.75, 3.05) is 17.7 Å². The number of benzene rings is 1. The minimum atomic E-state index is -3.36. The quantitative estimate of drug-likeness (QED) is 0.757. The number of amides is 2. The van der Waals surface area contributed by atoms with Crippen LogP contribution in [0.2, 0.25) is 0 Å². The monoisotopic (exact) mass is 341 g/mol. The van der Waals surface area contributed by atoms with Gasteiger partial charge in [0.05, 0.1) is 23.2 Å². The molecule has 1 aromatic carbocycles. The molecule has 9 heteroatoms. The summed E-state index contributed by atoms with van der Waals surface area (Å²) < 4.78 is 29.3. The Hall–Kier alpha value is -1.87. The lowest BCUT2D eigenvalue weighted by atomic mass is 10.1. The molecular weight excluding hydrogens is 326 g/mol. The van der Waals surface area contributed by atoms with Gasteiger partial charge in [-0.3, -0.25) is 4.90 Å². The number of thiocarbonyl (C=S) groups is 1. The van der Waals surface area contributed by atoms with Crippen LogP contribution in [0.1, 0.15) is 6.92 Å². The summed E-state index contributed by atoms with van der Waals surface area (Å²) in [5.41, 5.74) is 5.88. The molecule has 0 bridgehead atoms. The van der Waals surface area contributed by atoms with Gasteiger partial charge in [-0.25, -0.2) is 13.2 Å². The van der Waals surface area contributed by atoms with Crippen molar-refractivity contribution in [3.63, 3.8) is 0 Å². The number of urea groups is 1. The van der Waals surface area contributed by atoms with Crippen LogP contribution in [0.25, 0.3) is 0 Å². The van der Waals surface area contributed by atoms with E-state index in [1.165, 1.54) is 17.0 Å². The SMILES string of the molecule is CC1Oc2ccc(S(C)(=O)=O)cc2N2C(=S)N(C(N)=O)CC12. The molecule has 1 aromatic rings. The lowest BCUT2D eigenvalue weighted by Crippen LogP contribution is -2.47. The first kappa shape index (κ1) is 15.0. The summed E-state index contributed by atoms with van der Waals surface area (Å²) in [7, 11) is -3.36. The number of nitrogens with two attached hydrogens (primary N) is 1. The van der Waals surface area contributed by atoms with Gasteiger partial charge in [-0.2, -0.15) is 0 Å². The van der Waals surface area contributed by atoms with E-state index in [-0.39, 0.29) is 22.2 Å². The lowest BCUT2D eigenvalue weighted by molar-refractivity contribution is 0.175. The van der Waals surface area contributed by atoms with Crippen LogP contribution in [-0.4, -0.2) is 49.4 Å². The van der Waals surface area contributed by atoms with Crippen molar-refractivity contribution in [1.82, 2.24) is 4.90 Å². The number of rotatable bonds is 1. The number of carbonyl (C=O) groups is 1. The molecule has 0 spiro atoms. The van der Waals surface area contributed by atoms with Gasteiger partial charge in [0.1, 0.15) is 11.9 Å². The predicted octanol–water partition coefficient (Wildman–Crippen LogP) is 0.725. The molecule has 0 saturated carbocycles. The molecule has 2 aliphatic heterocycles. The summed E-state index contributed by atoms with van der Waals surface area (Å²) in [6, 6.07) is 3.79. The second-order valence-electron chi connectivity index (χ2n) is 5.39. The van der Waals surface area contributed by atoms with E-state index >= 15 is 0 Å². The van der Waals surface area contributed by atoms with Crippen LogP contribution in [0.15, 0.2) is 23.1 Å². The van der Waals surface area contributed by atoms with Crippen LogP contribution in [0.5, 0.6) is 5.75 Å². The fraction of sp³-hybridized carbons (Fsp3) is 0.385. The van der Waals surface area contributed by atoms with Gasteiger partial charge in [0.25, 0.3) is 0 Å². The first-order valence-corrected chi connectivity index (χ1v) is 8.91. The van der Waals surface area contributed by atoms with Crippen molar-refractivity contribution in [3.8, 4) is 5.75 Å². The molecule has 0 aromatic heterocycles. The first-order valence-electron chi connectivity index (χ1n) is 6.61. The Morgan fingerprint density at radius 3 is 2.73 bits per heavy atom. The van der Waals surface area contributed by atoms with Gasteiger partial charge in [-0.1, -0.05) is 0 Å². The van der Waals surface area contributed by atoms with E-state index in [4.69, 9.17) is 22.7 Å². The largest absolute Gasteiger partial charge is 0.486 e. The Balaban J connectivity index is 2.13. The smallest absolute Gasteiger partial charge is 0.321 e. The van der Waals surface area contributed by atoms with Crippen molar-refractivity contribution in [2.45, 2.75) is 24.0 Å². The minimum absolute atomic E-state index is 0.170. The zero-order valence-electron chi connectivity index (χ0n) is 12.0. The summed E-state index contributed by atoms with van der Waals surface area (Å²) in [6.07, 6.45) is 0.926. The van der Waals surface area contributed by atoms with Gasteiger partial charge in [-0.05, 0) is 37.3 Å². The highest BCUT2D eigenvalue weighted by molar-refractivity contribution is 7.90. The molecule has 0 radical (unpaired) electrons. The second kappa shape index (κ2) is 4.82. The summed E-state index contributed by atoms with van der Waals surface area (Å²) in [5, 5.41) is 0.263. The lowest BCUT2D eigenvalue weighted by Gasteiger charge is -2.36. The molecular formula is C13H15N3O4S2. The van der Waals surface area contributed by atoms with Crippen LogP contribution in [0.4, 0.5) is 10.5 Å². The summed E-state index contributed by atoms with van der Waals surface area (Å²) in [6.45, 7) is 2.19. The van der Waals surface area contributed by atoms with Crippen LogP contribution in [0, 0.1) is 0 Å². The Labute approximate surface area is 133 Å². The molecule has 2 amide bonds. The number of primary amides is 1. The van der Waals surface area contributed by atoms with Gasteiger partial charge >= 0.3 is 6.03 Å². The maximum Gasteiger partial charge on any atom is 0.321 e. The van der Waals surface area contributed by atoms with Gasteiger partial charge in [0.15, 0.2) is 14.9 Å². The highest BCUT2D eigenvalue weighted by atomic mass is 32.2. The molecule has 7 nitrogen and oxygen atoms in total. The van der Waals surface area contributed by atoms with Gasteiger partial charge < -0.3 is 15.4 Å². The second-order valence-corrected chi connectivity index (χ2v) is 7.77. The Morgan fingerprint density at radius 2 is 2.14 bits per heavy atom. The third kappa shape index (κ3) is 2.20. The van der Waals surface area contributed by atoms with Crippen molar-refractivity contribution >= 4 is 38.9 Å². The zero-order chi connectivity index (χ0) is 16.2. The molecule has 2 atom stereocenters. The van der Waals surface area contributed by atoms with Crippen LogP contribution >= 0.6 is 12.2 Å². The molecule has 118 valence electrons. The van der Waals surface area contributed by atoms with Crippen LogP contribution in [0.3, 0.4) is 0 Å². The Morgan fingerprint density at radius 1 is 1.45 bits per heavy atom. The zero-order valence-corrected chi connectivity index (χ0v) is 13.6. The minimum Gasteiger partial charge on any atom is -0.486 e. The highest BCUT2D eigenvalue weighted by Gasteiger charge is 2.45. The van der Waals surface area contributed by atoms with Crippen LogP contribution in [-0.2, 0) is 9.84 Å². The molecule has 2 unspecified atom stereocenters. The fourth-order valence-electron chi connectivity index (χ4n) is 2.74. The number of hydrogen-bond donors (Lipinski definition) is 1. The molecule has 1 saturated heterocycles. The number of sulfone groups is 1. The fourth-order valence-corrected chi connectivity index (χ4v) is 3.78. The Bertz CT molecular complexity index is 777. The maximum absolute atomic E-state index is 11.8. The molecule has 2 aliphatic rings. The highest BCUT2D eigenvalue weighted by Crippen LogP contribution is 2.41. The third-order valence-electron chi connectivity index (χ3n) is 3.88. The molecule has 2 heterocycles. The normalized spacial score (nSPS) is 23.8. The van der Waals surface area contributed by atoms with Crippen LogP contribution < -0.4 is 15.4 Å². The number of nitrogens with zero attached hydrogens (tertiary/aromatic N) is 2. The summed E-state index contributed by atoms with van der Waals surface area (Å²) in [4.78, 5) is 14.7. The van der Waals surface area contributed by atoms with Gasteiger partial charge in [0, 0.05) is 6.26 Å². The van der Waals surface area contributed by atoms with Gasteiger partial charge in [0.2, 0.25) is 0 Å². The van der Waals surface area contributed by atoms with E-state index in [9.17, 15) is 13.2 Å². The standard InChI is InChI=1S/C13H15N3O4S2/c1-7-10-6-15(12(14)17)13(21)16(10)9-5-8(22(2,18)19)3-4-11(9)20-7/h3-5,7,10H,6H2,1-2H3,(H2,14,17). The maximum atomic E-state index is 11.8. The van der Waals surface area contributed by atoms with E-state index < -0.39 is 15.9 Å². The van der Waals surface area contributed by atoms with E-state index in [2.05, 4.69) is 0 Å². The molecule has 22 heavy (non-hydrogen) atoms. The van der Waals surface area contributed by atoms with Crippen molar-refractivity contribution in [1.29, 1.82) is 0 Å². The molecule has 2 N–H and O–H groups in total. The van der Waals surface area contributed by atoms with E-state index in [0.717, 1.165) is 6.26 Å². The van der Waals surface area contributed by atoms with E-state index in [1.807, 2.05) is 6.92 Å². The van der Waals surface area contributed by atoms with Crippen molar-refractivity contribution in [3.05, 3.63) is 18.2 Å². The number of anilines is 1. The predicted molar refractivity (Wildman–Crippen MR) is 84.8 cm³/mol. The summed E-state index contributed by atoms with van der Waals surface area (Å²) >= 11 is 5.33. The Kier molecular flexibility index (Phi) is 3.29. The number of ether oxygens (including phenoxy) is 1. The number of fused-ring (bicyclic) bond motifs is 3.